The number of carbonyl (C=O) groups is 1. The van der Waals surface area contributed by atoms with Crippen LogP contribution in [0.25, 0.3) is 0 Å². The molecule has 2 unspecified atom stereocenters. The van der Waals surface area contributed by atoms with Crippen molar-refractivity contribution in [3.05, 3.63) is 131 Å². The number of β-lactam (4-membered cyclic amide) rings is 1. The minimum absolute atomic E-state index is 0.0703. The van der Waals surface area contributed by atoms with E-state index in [4.69, 9.17) is 4.74 Å². The van der Waals surface area contributed by atoms with E-state index in [1.807, 2.05) is 24.3 Å². The molecule has 4 aliphatic heterocycles. The van der Waals surface area contributed by atoms with Gasteiger partial charge in [0.25, 0.3) is 0 Å². The lowest BCUT2D eigenvalue weighted by molar-refractivity contribution is -0.953. The van der Waals surface area contributed by atoms with Crippen LogP contribution in [0.1, 0.15) is 47.2 Å². The van der Waals surface area contributed by atoms with E-state index >= 15 is 0 Å². The van der Waals surface area contributed by atoms with Crippen LogP contribution in [0, 0.1) is 17.6 Å². The molecule has 3 atom stereocenters. The molecular formula is C38H40F2N3O3+. The maximum absolute atomic E-state index is 13.7. The molecule has 1 N–H and O–H groups in total. The van der Waals surface area contributed by atoms with Crippen LogP contribution in [-0.2, 0) is 17.9 Å². The molecule has 2 bridgehead atoms. The number of rotatable bonds is 11. The van der Waals surface area contributed by atoms with Crippen LogP contribution in [0.4, 0.5) is 14.5 Å². The van der Waals surface area contributed by atoms with Crippen molar-refractivity contribution in [2.45, 2.75) is 38.1 Å². The Labute approximate surface area is 269 Å². The summed E-state index contributed by atoms with van der Waals surface area (Å²) in [4.78, 5) is 17.7. The zero-order valence-electron chi connectivity index (χ0n) is 25.9. The summed E-state index contributed by atoms with van der Waals surface area (Å²) in [6.45, 7) is 8.94. The minimum Gasteiger partial charge on any atom is -0.489 e. The number of anilines is 1. The number of halogens is 2. The number of hydrogen-bond donors (Lipinski definition) is 1. The predicted molar refractivity (Wildman–Crippen MR) is 173 cm³/mol. The van der Waals surface area contributed by atoms with Gasteiger partial charge in [0, 0.05) is 30.9 Å². The number of amides is 1. The van der Waals surface area contributed by atoms with E-state index in [-0.39, 0.29) is 29.5 Å². The van der Waals surface area contributed by atoms with Gasteiger partial charge in [0.15, 0.2) is 0 Å². The Bertz CT molecular complexity index is 1620. The zero-order chi connectivity index (χ0) is 31.7. The Morgan fingerprint density at radius 3 is 2.00 bits per heavy atom. The number of hydrogen-bond acceptors (Lipinski definition) is 4. The van der Waals surface area contributed by atoms with Crippen LogP contribution < -0.4 is 9.64 Å². The zero-order valence-corrected chi connectivity index (χ0v) is 25.9. The van der Waals surface area contributed by atoms with Gasteiger partial charge in [0.2, 0.25) is 5.91 Å². The van der Waals surface area contributed by atoms with Gasteiger partial charge in [-0.15, -0.1) is 0 Å². The van der Waals surface area contributed by atoms with Crippen LogP contribution in [-0.4, -0.2) is 59.7 Å². The first-order valence-corrected chi connectivity index (χ1v) is 16.3. The van der Waals surface area contributed by atoms with Gasteiger partial charge >= 0.3 is 0 Å². The van der Waals surface area contributed by atoms with Crippen LogP contribution >= 0.6 is 0 Å². The number of carbonyl (C=O) groups excluding carboxylic acids is 1. The van der Waals surface area contributed by atoms with E-state index in [0.29, 0.717) is 30.7 Å². The smallest absolute Gasteiger partial charge is 0.233 e. The van der Waals surface area contributed by atoms with Crippen molar-refractivity contribution in [2.75, 3.05) is 44.2 Å². The molecule has 0 radical (unpaired) electrons. The highest BCUT2D eigenvalue weighted by atomic mass is 19.1. The topological polar surface area (TPSA) is 53.0 Å². The van der Waals surface area contributed by atoms with E-state index in [2.05, 4.69) is 29.2 Å². The monoisotopic (exact) mass is 624 g/mol. The lowest BCUT2D eigenvalue weighted by Crippen LogP contribution is -2.66. The fourth-order valence-electron chi connectivity index (χ4n) is 7.31. The highest BCUT2D eigenvalue weighted by Crippen LogP contribution is 2.46. The summed E-state index contributed by atoms with van der Waals surface area (Å²) in [5.41, 5.74) is 4.67. The number of nitrogens with zero attached hydrogens (tertiary/aromatic N) is 3. The van der Waals surface area contributed by atoms with Crippen LogP contribution in [0.3, 0.4) is 0 Å². The quantitative estimate of drug-likeness (QED) is 0.155. The third-order valence-corrected chi connectivity index (χ3v) is 10.2. The van der Waals surface area contributed by atoms with Crippen molar-refractivity contribution in [3.8, 4) is 5.75 Å². The van der Waals surface area contributed by atoms with Gasteiger partial charge in [0.1, 0.15) is 30.5 Å². The minimum atomic E-state index is -0.807. The van der Waals surface area contributed by atoms with Gasteiger partial charge in [-0.2, -0.15) is 0 Å². The standard InChI is InChI=1S/C38H40F2N3O3/c39-31-9-5-29(6-10-31)36(44)18-17-35-37(42(38(35)45)33-13-11-32(40)12-14-33)30-7-15-34(16-8-30)46-26-28-3-1-27(2-4-28)25-43-22-19-41(20-23-43)21-24-43/h1-16,35-37,44H,17-26H2/q+1/t35?,36?,37-/m1/s1. The average Bonchev–Trinajstić information content (AvgIpc) is 3.09. The second kappa shape index (κ2) is 12.9. The van der Waals surface area contributed by atoms with Crippen molar-refractivity contribution in [2.24, 2.45) is 5.92 Å². The maximum atomic E-state index is 13.7. The fraction of sp³-hybridized carbons (Fsp3) is 0.342. The molecule has 0 aliphatic carbocycles. The number of quaternary nitrogens is 1. The summed E-state index contributed by atoms with van der Waals surface area (Å²) >= 11 is 0. The Morgan fingerprint density at radius 2 is 1.37 bits per heavy atom. The maximum Gasteiger partial charge on any atom is 0.233 e. The molecule has 8 heteroatoms. The second-order valence-electron chi connectivity index (χ2n) is 13.1. The van der Waals surface area contributed by atoms with E-state index in [1.165, 1.54) is 73.6 Å². The molecule has 4 fully saturated rings. The number of aliphatic hydroxyl groups excluding tert-OH is 1. The lowest BCUT2D eigenvalue weighted by Gasteiger charge is -2.50. The van der Waals surface area contributed by atoms with Crippen molar-refractivity contribution >= 4 is 11.6 Å². The number of ether oxygens (including phenoxy) is 1. The third-order valence-electron chi connectivity index (χ3n) is 10.2. The molecule has 4 aromatic rings. The molecule has 1 amide bonds. The first kappa shape index (κ1) is 30.5. The highest BCUT2D eigenvalue weighted by Gasteiger charge is 2.48. The summed E-state index contributed by atoms with van der Waals surface area (Å²) in [6.07, 6.45) is -0.00105. The van der Waals surface area contributed by atoms with Crippen molar-refractivity contribution in [3.63, 3.8) is 0 Å². The molecular weight excluding hydrogens is 584 g/mol. The van der Waals surface area contributed by atoms with Gasteiger partial charge in [-0.1, -0.05) is 48.5 Å². The second-order valence-corrected chi connectivity index (χ2v) is 13.1. The molecule has 4 aromatic carbocycles. The molecule has 0 spiro atoms. The van der Waals surface area contributed by atoms with E-state index < -0.39 is 6.10 Å². The number of piperazine rings is 3. The van der Waals surface area contributed by atoms with Gasteiger partial charge in [0.05, 0.1) is 37.7 Å². The summed E-state index contributed by atoms with van der Waals surface area (Å²) in [5.74, 6) is -0.417. The molecule has 4 saturated heterocycles. The molecule has 0 saturated carbocycles. The van der Waals surface area contributed by atoms with E-state index in [9.17, 15) is 18.7 Å². The molecule has 8 rings (SSSR count). The van der Waals surface area contributed by atoms with Gasteiger partial charge in [-0.3, -0.25) is 9.69 Å². The Morgan fingerprint density at radius 1 is 0.783 bits per heavy atom. The van der Waals surface area contributed by atoms with E-state index in [0.717, 1.165) is 23.4 Å². The van der Waals surface area contributed by atoms with Crippen molar-refractivity contribution in [1.82, 2.24) is 4.90 Å². The van der Waals surface area contributed by atoms with Crippen LogP contribution in [0.15, 0.2) is 97.1 Å². The van der Waals surface area contributed by atoms with Crippen molar-refractivity contribution in [1.29, 1.82) is 0 Å². The highest BCUT2D eigenvalue weighted by molar-refractivity contribution is 6.03. The summed E-state index contributed by atoms with van der Waals surface area (Å²) < 4.78 is 34.4. The molecule has 4 heterocycles. The first-order valence-electron chi connectivity index (χ1n) is 16.3. The average molecular weight is 625 g/mol. The van der Waals surface area contributed by atoms with Crippen LogP contribution in [0.2, 0.25) is 0 Å². The predicted octanol–water partition coefficient (Wildman–Crippen LogP) is 6.41. The van der Waals surface area contributed by atoms with Crippen LogP contribution in [0.5, 0.6) is 5.75 Å². The third kappa shape index (κ3) is 6.43. The van der Waals surface area contributed by atoms with Gasteiger partial charge in [-0.25, -0.2) is 8.78 Å². The summed E-state index contributed by atoms with van der Waals surface area (Å²) in [7, 11) is 0. The lowest BCUT2D eigenvalue weighted by atomic mass is 9.78. The normalized spacial score (nSPS) is 24.5. The number of benzene rings is 4. The largest absolute Gasteiger partial charge is 0.489 e. The summed E-state index contributed by atoms with van der Waals surface area (Å²) in [5, 5.41) is 10.7. The van der Waals surface area contributed by atoms with Gasteiger partial charge in [-0.05, 0) is 78.1 Å². The molecule has 6 nitrogen and oxygen atoms in total. The summed E-state index contributed by atoms with van der Waals surface area (Å²) in [6, 6.07) is 28.0. The number of fused-ring (bicyclic) bond motifs is 3. The molecule has 46 heavy (non-hydrogen) atoms. The fourth-order valence-corrected chi connectivity index (χ4v) is 7.31. The van der Waals surface area contributed by atoms with Crippen molar-refractivity contribution < 1.29 is 27.9 Å². The first-order chi connectivity index (χ1) is 22.4. The molecule has 0 aromatic heterocycles. The Hall–Kier alpha value is -4.11. The molecule has 238 valence electrons. The number of aliphatic hydroxyl groups is 1. The van der Waals surface area contributed by atoms with Gasteiger partial charge < -0.3 is 19.2 Å². The Balaban J connectivity index is 1.00. The molecule has 4 aliphatic rings. The SMILES string of the molecule is O=C1C(CCC(O)c2ccc(F)cc2)[C@@H](c2ccc(OCc3ccc(C[N+]45CCN(CC4)CC5)cc3)cc2)N1c1ccc(F)cc1. The van der Waals surface area contributed by atoms with E-state index in [1.54, 1.807) is 29.2 Å². The Kier molecular flexibility index (Phi) is 8.60.